The number of rotatable bonds is 32. The molecule has 0 aromatic carbocycles. The highest BCUT2D eigenvalue weighted by molar-refractivity contribution is 5.99. The number of carbonyl (C=O) groups excluding carboxylic acids is 13. The maximum absolute atomic E-state index is 13.6. The second-order valence-electron chi connectivity index (χ2n) is 20.7. The molecule has 1 aliphatic rings. The fraction of sp³-hybridized carbons (Fsp3) is 0.680. The van der Waals surface area contributed by atoms with Crippen LogP contribution in [0, 0.1) is 11.8 Å². The second kappa shape index (κ2) is 33.0. The van der Waals surface area contributed by atoms with E-state index in [0.29, 0.717) is 37.9 Å². The van der Waals surface area contributed by atoms with Crippen LogP contribution in [-0.2, 0) is 68.7 Å². The summed E-state index contributed by atoms with van der Waals surface area (Å²) in [6, 6.07) is -13.5. The number of nitrogens with zero attached hydrogens (tertiary/aromatic N) is 2. The van der Waals surface area contributed by atoms with Crippen LogP contribution in [0.5, 0.6) is 0 Å². The van der Waals surface area contributed by atoms with Gasteiger partial charge in [0.15, 0.2) is 0 Å². The third kappa shape index (κ3) is 22.2. The molecular weight excluding hydrogens is 1050 g/mol. The molecule has 30 nitrogen and oxygen atoms in total. The molecule has 0 unspecified atom stereocenters. The van der Waals surface area contributed by atoms with Gasteiger partial charge in [-0.3, -0.25) is 62.3 Å². The number of amides is 13. The molecule has 1 aromatic rings. The number of hydrogen-bond acceptors (Lipinski definition) is 16. The molecule has 0 bridgehead atoms. The fourth-order valence-electron chi connectivity index (χ4n) is 7.96. The number of unbranched alkanes of at least 4 members (excludes halogenated alkanes) is 1. The van der Waals surface area contributed by atoms with E-state index in [4.69, 9.17) is 17.2 Å². The summed E-state index contributed by atoms with van der Waals surface area (Å²) in [7, 11) is 0. The Bertz CT molecular complexity index is 2350. The number of nitrogens with two attached hydrogens (primary N) is 3. The van der Waals surface area contributed by atoms with Crippen molar-refractivity contribution in [2.45, 2.75) is 187 Å². The Labute approximate surface area is 465 Å². The molecule has 0 spiro atoms. The van der Waals surface area contributed by atoms with E-state index in [1.54, 1.807) is 27.7 Å². The number of primary amides is 1. The average molecular weight is 1130 g/mol. The third-order valence-corrected chi connectivity index (χ3v) is 13.0. The van der Waals surface area contributed by atoms with Gasteiger partial charge in [0.05, 0.1) is 18.9 Å². The van der Waals surface area contributed by atoms with E-state index in [2.05, 4.69) is 68.5 Å². The van der Waals surface area contributed by atoms with E-state index in [-0.39, 0.29) is 25.3 Å². The van der Waals surface area contributed by atoms with Gasteiger partial charge in [-0.15, -0.1) is 0 Å². The van der Waals surface area contributed by atoms with Gasteiger partial charge in [-0.25, -0.2) is 4.98 Å². The fourth-order valence-corrected chi connectivity index (χ4v) is 7.96. The number of likely N-dealkylation sites (tertiary alicyclic amines) is 1. The summed E-state index contributed by atoms with van der Waals surface area (Å²) in [5.41, 5.74) is 17.5. The summed E-state index contributed by atoms with van der Waals surface area (Å²) in [5.74, 6) is -10.1. The molecule has 30 heteroatoms. The molecule has 12 atom stereocenters. The predicted octanol–water partition coefficient (Wildman–Crippen LogP) is -5.70. The van der Waals surface area contributed by atoms with Gasteiger partial charge in [0.2, 0.25) is 76.8 Å². The topological polar surface area (TPSA) is 464 Å². The number of aromatic nitrogens is 2. The standard InChI is InChI=1S/C50H85N17O13/c1-23(2)37(39(53)69)65-49(79)38(24(3)4)66-45(75)26(6)57-36(68)21-55-40(70)25(5)58-41(71)27(7)59-42(72)28(8)60-43(73)30(10)62-48(78)35-16-14-18-67(35)50(80)31(11)63-44(74)29(9)61-47(77)34(19-32-20-54-22-56-32)64-46(76)33(52)15-12-13-17-51/h20,22-31,33-35,37-38H,12-19,21,51-52H2,1-11H3,(H2,53,69)(H,54,56)(H,55,70)(H,57,68)(H,58,71)(H,59,72)(H,60,73)(H,61,77)(H,62,78)(H,63,74)(H,64,76)(H,65,79)(H,66,75)/t25-,26-,27-,28-,29-,30-,31-,33-,34-,35-,37-,38-/m0/s1. The molecule has 80 heavy (non-hydrogen) atoms. The lowest BCUT2D eigenvalue weighted by molar-refractivity contribution is -0.142. The average Bonchev–Trinajstić information content (AvgIpc) is 4.11. The molecule has 2 rings (SSSR count). The first-order valence-electron chi connectivity index (χ1n) is 26.7. The van der Waals surface area contributed by atoms with Crippen LogP contribution in [-0.4, -0.2) is 184 Å². The maximum atomic E-state index is 13.6. The molecule has 448 valence electrons. The van der Waals surface area contributed by atoms with Crippen molar-refractivity contribution in [3.8, 4) is 0 Å². The van der Waals surface area contributed by atoms with Crippen molar-refractivity contribution >= 4 is 76.8 Å². The Morgan fingerprint density at radius 3 is 1.55 bits per heavy atom. The molecule has 1 saturated heterocycles. The van der Waals surface area contributed by atoms with Crippen molar-refractivity contribution in [1.82, 2.24) is 73.4 Å². The van der Waals surface area contributed by atoms with Gasteiger partial charge in [0, 0.05) is 24.9 Å². The van der Waals surface area contributed by atoms with E-state index in [1.807, 2.05) is 0 Å². The normalized spacial score (nSPS) is 17.2. The van der Waals surface area contributed by atoms with E-state index in [0.717, 1.165) is 0 Å². The lowest BCUT2D eigenvalue weighted by Crippen LogP contribution is -2.59. The third-order valence-electron chi connectivity index (χ3n) is 13.0. The van der Waals surface area contributed by atoms with Gasteiger partial charge < -0.3 is 85.6 Å². The number of imidazole rings is 1. The summed E-state index contributed by atoms with van der Waals surface area (Å²) < 4.78 is 0. The Hall–Kier alpha value is -7.76. The van der Waals surface area contributed by atoms with E-state index in [1.165, 1.54) is 65.9 Å². The summed E-state index contributed by atoms with van der Waals surface area (Å²) in [4.78, 5) is 177. The van der Waals surface area contributed by atoms with Crippen molar-refractivity contribution in [1.29, 1.82) is 0 Å². The molecule has 0 aliphatic carbocycles. The van der Waals surface area contributed by atoms with Gasteiger partial charge in [-0.05, 0) is 92.5 Å². The highest BCUT2D eigenvalue weighted by Crippen LogP contribution is 2.19. The maximum Gasteiger partial charge on any atom is 0.245 e. The van der Waals surface area contributed by atoms with Gasteiger partial charge in [0.25, 0.3) is 0 Å². The number of H-pyrrole nitrogens is 1. The highest BCUT2D eigenvalue weighted by atomic mass is 16.2. The zero-order valence-corrected chi connectivity index (χ0v) is 47.5. The Morgan fingerprint density at radius 1 is 0.575 bits per heavy atom. The quantitative estimate of drug-likeness (QED) is 0.0299. The molecule has 13 amide bonds. The van der Waals surface area contributed by atoms with Crippen molar-refractivity contribution in [2.75, 3.05) is 19.6 Å². The van der Waals surface area contributed by atoms with Crippen LogP contribution in [0.2, 0.25) is 0 Å². The highest BCUT2D eigenvalue weighted by Gasteiger charge is 2.39. The summed E-state index contributed by atoms with van der Waals surface area (Å²) in [6.45, 7) is 16.2. The molecule has 1 aliphatic heterocycles. The van der Waals surface area contributed by atoms with Crippen LogP contribution < -0.4 is 75.7 Å². The predicted molar refractivity (Wildman–Crippen MR) is 289 cm³/mol. The zero-order valence-electron chi connectivity index (χ0n) is 47.5. The summed E-state index contributed by atoms with van der Waals surface area (Å²) >= 11 is 0. The monoisotopic (exact) mass is 1130 g/mol. The van der Waals surface area contributed by atoms with E-state index in [9.17, 15) is 62.3 Å². The SMILES string of the molecule is CC(C)[C@H](NC(=O)[C@@H](NC(=O)[C@H](C)NC(=O)CNC(=O)[C@H](C)NC(=O)[C@H](C)NC(=O)[C@H](C)NC(=O)[C@H](C)NC(=O)[C@@H]1CCCN1C(=O)[C@H](C)NC(=O)[C@H](C)NC(=O)[C@H](Cc1cnc[nH]1)NC(=O)[C@@H](N)CCCCN)C(C)C)C(N)=O. The first-order valence-corrected chi connectivity index (χ1v) is 26.7. The van der Waals surface area contributed by atoms with Crippen molar-refractivity contribution in [2.24, 2.45) is 29.0 Å². The molecule has 0 saturated carbocycles. The lowest BCUT2D eigenvalue weighted by Gasteiger charge is -2.29. The van der Waals surface area contributed by atoms with Crippen LogP contribution in [0.1, 0.15) is 114 Å². The van der Waals surface area contributed by atoms with Gasteiger partial charge >= 0.3 is 0 Å². The molecule has 2 heterocycles. The number of hydrogen-bond donors (Lipinski definition) is 15. The largest absolute Gasteiger partial charge is 0.368 e. The van der Waals surface area contributed by atoms with E-state index < -0.39 is 162 Å². The second-order valence-corrected chi connectivity index (χ2v) is 20.7. The number of aromatic amines is 1. The molecule has 0 radical (unpaired) electrons. The van der Waals surface area contributed by atoms with Gasteiger partial charge in [-0.1, -0.05) is 34.1 Å². The molecule has 18 N–H and O–H groups in total. The smallest absolute Gasteiger partial charge is 0.245 e. The first-order chi connectivity index (χ1) is 37.4. The summed E-state index contributed by atoms with van der Waals surface area (Å²) in [6.07, 6.45) is 5.16. The lowest BCUT2D eigenvalue weighted by atomic mass is 9.99. The molecular formula is C50H85N17O13. The minimum atomic E-state index is -1.23. The van der Waals surface area contributed by atoms with Crippen LogP contribution >= 0.6 is 0 Å². The zero-order chi connectivity index (χ0) is 60.7. The van der Waals surface area contributed by atoms with Crippen molar-refractivity contribution in [3.05, 3.63) is 18.2 Å². The number of nitrogens with one attached hydrogen (secondary N) is 12. The Kier molecular flexibility index (Phi) is 28.2. The first kappa shape index (κ1) is 68.3. The Morgan fingerprint density at radius 2 is 1.05 bits per heavy atom. The molecule has 1 fully saturated rings. The minimum absolute atomic E-state index is 0.00454. The minimum Gasteiger partial charge on any atom is -0.368 e. The van der Waals surface area contributed by atoms with Crippen LogP contribution in [0.25, 0.3) is 0 Å². The van der Waals surface area contributed by atoms with Crippen LogP contribution in [0.4, 0.5) is 0 Å². The van der Waals surface area contributed by atoms with Crippen molar-refractivity contribution < 1.29 is 62.3 Å². The summed E-state index contributed by atoms with van der Waals surface area (Å²) in [5, 5.41) is 27.4. The van der Waals surface area contributed by atoms with Crippen LogP contribution in [0.3, 0.4) is 0 Å². The van der Waals surface area contributed by atoms with Crippen molar-refractivity contribution in [3.63, 3.8) is 0 Å². The Balaban J connectivity index is 1.86. The van der Waals surface area contributed by atoms with Gasteiger partial charge in [-0.2, -0.15) is 0 Å². The number of carbonyl (C=O) groups is 13. The van der Waals surface area contributed by atoms with E-state index >= 15 is 0 Å². The van der Waals surface area contributed by atoms with Crippen LogP contribution in [0.15, 0.2) is 12.5 Å². The van der Waals surface area contributed by atoms with Gasteiger partial charge in [0.1, 0.15) is 66.5 Å². The molecule has 1 aromatic heterocycles.